The van der Waals surface area contributed by atoms with E-state index in [9.17, 15) is 4.79 Å². The Morgan fingerprint density at radius 1 is 1.25 bits per heavy atom. The summed E-state index contributed by atoms with van der Waals surface area (Å²) in [7, 11) is 0. The van der Waals surface area contributed by atoms with Crippen LogP contribution in [-0.4, -0.2) is 24.2 Å². The predicted octanol–water partition coefficient (Wildman–Crippen LogP) is 0.976. The summed E-state index contributed by atoms with van der Waals surface area (Å²) >= 11 is 0. The van der Waals surface area contributed by atoms with Crippen LogP contribution in [0.15, 0.2) is 30.3 Å². The fourth-order valence-electron chi connectivity index (χ4n) is 1.71. The molecule has 1 fully saturated rings. The Hall–Kier alpha value is -1.65. The van der Waals surface area contributed by atoms with Gasteiger partial charge in [-0.2, -0.15) is 0 Å². The van der Waals surface area contributed by atoms with Gasteiger partial charge < -0.3 is 5.11 Å². The van der Waals surface area contributed by atoms with Gasteiger partial charge in [-0.25, -0.2) is 4.79 Å². The highest BCUT2D eigenvalue weighted by Gasteiger charge is 2.13. The number of carboxylic acid groups (broad SMARTS) is 1. The van der Waals surface area contributed by atoms with E-state index in [0.29, 0.717) is 0 Å². The molecule has 0 spiro atoms. The van der Waals surface area contributed by atoms with Gasteiger partial charge in [0.25, 0.3) is 0 Å². The summed E-state index contributed by atoms with van der Waals surface area (Å²) in [6.45, 7) is 1.96. The van der Waals surface area contributed by atoms with Gasteiger partial charge in [-0.05, 0) is 17.2 Å². The third-order valence-corrected chi connectivity index (χ3v) is 2.51. The van der Waals surface area contributed by atoms with Crippen LogP contribution < -0.4 is 10.6 Å². The molecule has 0 atom stereocenters. The van der Waals surface area contributed by atoms with E-state index in [1.54, 1.807) is 6.08 Å². The second kappa shape index (κ2) is 4.92. The van der Waals surface area contributed by atoms with Gasteiger partial charge in [0.1, 0.15) is 0 Å². The molecule has 16 heavy (non-hydrogen) atoms. The van der Waals surface area contributed by atoms with Crippen molar-refractivity contribution in [2.24, 2.45) is 0 Å². The minimum absolute atomic E-state index is 0.220. The predicted molar refractivity (Wildman–Crippen MR) is 61.9 cm³/mol. The van der Waals surface area contributed by atoms with Gasteiger partial charge in [-0.1, -0.05) is 24.3 Å². The van der Waals surface area contributed by atoms with Crippen LogP contribution in [0.3, 0.4) is 0 Å². The van der Waals surface area contributed by atoms with E-state index in [4.69, 9.17) is 5.11 Å². The van der Waals surface area contributed by atoms with Gasteiger partial charge in [-0.3, -0.25) is 10.6 Å². The first-order chi connectivity index (χ1) is 7.75. The van der Waals surface area contributed by atoms with Crippen molar-refractivity contribution >= 4 is 12.0 Å². The van der Waals surface area contributed by atoms with Crippen molar-refractivity contribution in [3.05, 3.63) is 41.5 Å². The highest BCUT2D eigenvalue weighted by atomic mass is 16.4. The summed E-state index contributed by atoms with van der Waals surface area (Å²) in [6, 6.07) is 7.82. The average molecular weight is 218 g/mol. The third-order valence-electron chi connectivity index (χ3n) is 2.51. The summed E-state index contributed by atoms with van der Waals surface area (Å²) in [5.74, 6) is -0.928. The summed E-state index contributed by atoms with van der Waals surface area (Å²) < 4.78 is 0. The van der Waals surface area contributed by atoms with Crippen molar-refractivity contribution < 1.29 is 9.90 Å². The number of hydrogen-bond acceptors (Lipinski definition) is 3. The zero-order chi connectivity index (χ0) is 11.4. The monoisotopic (exact) mass is 218 g/mol. The van der Waals surface area contributed by atoms with E-state index in [1.165, 1.54) is 5.56 Å². The standard InChI is InChI=1S/C12H14N2O2/c15-11(16)6-3-9-1-4-10(5-2-9)12-13-7-8-14-12/h1-6,12-14H,7-8H2,(H,15,16)/b6-3+. The summed E-state index contributed by atoms with van der Waals surface area (Å²) in [5.41, 5.74) is 2.06. The van der Waals surface area contributed by atoms with Crippen molar-refractivity contribution in [1.82, 2.24) is 10.6 Å². The van der Waals surface area contributed by atoms with Crippen molar-refractivity contribution in [2.45, 2.75) is 6.17 Å². The maximum atomic E-state index is 10.3. The van der Waals surface area contributed by atoms with E-state index >= 15 is 0 Å². The van der Waals surface area contributed by atoms with Gasteiger partial charge in [0.15, 0.2) is 0 Å². The average Bonchev–Trinajstić information content (AvgIpc) is 2.80. The normalized spacial score (nSPS) is 17.0. The van der Waals surface area contributed by atoms with E-state index in [0.717, 1.165) is 24.7 Å². The number of hydrogen-bond donors (Lipinski definition) is 3. The SMILES string of the molecule is O=C(O)/C=C/c1ccc(C2NCCN2)cc1. The largest absolute Gasteiger partial charge is 0.478 e. The molecule has 4 heteroatoms. The Bertz CT molecular complexity index is 392. The summed E-state index contributed by atoms with van der Waals surface area (Å²) in [4.78, 5) is 10.3. The molecule has 84 valence electrons. The van der Waals surface area contributed by atoms with E-state index in [2.05, 4.69) is 10.6 Å². The smallest absolute Gasteiger partial charge is 0.328 e. The second-order valence-electron chi connectivity index (χ2n) is 3.68. The van der Waals surface area contributed by atoms with Crippen LogP contribution in [0.5, 0.6) is 0 Å². The van der Waals surface area contributed by atoms with Crippen molar-refractivity contribution in [3.63, 3.8) is 0 Å². The van der Waals surface area contributed by atoms with Gasteiger partial charge in [-0.15, -0.1) is 0 Å². The van der Waals surface area contributed by atoms with Crippen molar-refractivity contribution in [1.29, 1.82) is 0 Å². The first-order valence-corrected chi connectivity index (χ1v) is 5.23. The number of aliphatic carboxylic acids is 1. The van der Waals surface area contributed by atoms with Crippen molar-refractivity contribution in [2.75, 3.05) is 13.1 Å². The van der Waals surface area contributed by atoms with E-state index < -0.39 is 5.97 Å². The van der Waals surface area contributed by atoms with Gasteiger partial charge in [0, 0.05) is 19.2 Å². The fraction of sp³-hybridized carbons (Fsp3) is 0.250. The topological polar surface area (TPSA) is 61.4 Å². The molecule has 1 aromatic carbocycles. The Morgan fingerprint density at radius 2 is 1.88 bits per heavy atom. The van der Waals surface area contributed by atoms with Crippen LogP contribution in [0.1, 0.15) is 17.3 Å². The minimum atomic E-state index is -0.928. The molecule has 1 heterocycles. The Balaban J connectivity index is 2.06. The van der Waals surface area contributed by atoms with Gasteiger partial charge >= 0.3 is 5.97 Å². The molecule has 0 saturated carbocycles. The lowest BCUT2D eigenvalue weighted by atomic mass is 10.1. The molecular formula is C12H14N2O2. The second-order valence-corrected chi connectivity index (χ2v) is 3.68. The van der Waals surface area contributed by atoms with Gasteiger partial charge in [0.05, 0.1) is 6.17 Å². The van der Waals surface area contributed by atoms with Gasteiger partial charge in [0.2, 0.25) is 0 Å². The molecule has 1 aromatic rings. The third kappa shape index (κ3) is 2.68. The zero-order valence-electron chi connectivity index (χ0n) is 8.81. The molecule has 1 aliphatic heterocycles. The Labute approximate surface area is 94.0 Å². The first-order valence-electron chi connectivity index (χ1n) is 5.23. The quantitative estimate of drug-likeness (QED) is 0.662. The number of rotatable bonds is 3. The lowest BCUT2D eigenvalue weighted by molar-refractivity contribution is -0.131. The molecule has 1 aliphatic rings. The molecular weight excluding hydrogens is 204 g/mol. The van der Waals surface area contributed by atoms with Crippen LogP contribution in [-0.2, 0) is 4.79 Å². The van der Waals surface area contributed by atoms with Crippen LogP contribution in [0, 0.1) is 0 Å². The minimum Gasteiger partial charge on any atom is -0.478 e. The molecule has 2 rings (SSSR count). The number of benzene rings is 1. The van der Waals surface area contributed by atoms with E-state index in [-0.39, 0.29) is 6.17 Å². The molecule has 0 aliphatic carbocycles. The number of carboxylic acids is 1. The Kier molecular flexibility index (Phi) is 3.34. The summed E-state index contributed by atoms with van der Waals surface area (Å²) in [6.07, 6.45) is 2.94. The number of carbonyl (C=O) groups is 1. The molecule has 0 amide bonds. The van der Waals surface area contributed by atoms with Crippen LogP contribution >= 0.6 is 0 Å². The lowest BCUT2D eigenvalue weighted by Gasteiger charge is -2.10. The van der Waals surface area contributed by atoms with Crippen LogP contribution in [0.4, 0.5) is 0 Å². The maximum Gasteiger partial charge on any atom is 0.328 e. The maximum absolute atomic E-state index is 10.3. The molecule has 0 bridgehead atoms. The Morgan fingerprint density at radius 3 is 2.44 bits per heavy atom. The van der Waals surface area contributed by atoms with Crippen LogP contribution in [0.2, 0.25) is 0 Å². The molecule has 0 radical (unpaired) electrons. The number of nitrogens with one attached hydrogen (secondary N) is 2. The molecule has 4 nitrogen and oxygen atoms in total. The highest BCUT2D eigenvalue weighted by Crippen LogP contribution is 2.14. The van der Waals surface area contributed by atoms with Crippen molar-refractivity contribution in [3.8, 4) is 0 Å². The summed E-state index contributed by atoms with van der Waals surface area (Å²) in [5, 5.41) is 15.1. The van der Waals surface area contributed by atoms with Crippen LogP contribution in [0.25, 0.3) is 6.08 Å². The highest BCUT2D eigenvalue weighted by molar-refractivity contribution is 5.85. The molecule has 1 saturated heterocycles. The van der Waals surface area contributed by atoms with E-state index in [1.807, 2.05) is 24.3 Å². The molecule has 0 aromatic heterocycles. The zero-order valence-corrected chi connectivity index (χ0v) is 8.81. The molecule has 0 unspecified atom stereocenters. The lowest BCUT2D eigenvalue weighted by Crippen LogP contribution is -2.20. The molecule has 3 N–H and O–H groups in total. The first kappa shape index (κ1) is 10.9. The fourth-order valence-corrected chi connectivity index (χ4v) is 1.71.